The Kier molecular flexibility index (Phi) is 9.64. The molecule has 0 bridgehead atoms. The van der Waals surface area contributed by atoms with Crippen LogP contribution in [-0.4, -0.2) is 35.0 Å². The van der Waals surface area contributed by atoms with Gasteiger partial charge in [0.1, 0.15) is 29.9 Å². The lowest BCUT2D eigenvalue weighted by atomic mass is 9.93. The normalized spacial score (nSPS) is 11.4. The zero-order valence-electron chi connectivity index (χ0n) is 21.9. The average Bonchev–Trinajstić information content (AvgIpc) is 2.95. The van der Waals surface area contributed by atoms with Crippen LogP contribution in [0.25, 0.3) is 11.1 Å². The molecule has 0 fully saturated rings. The van der Waals surface area contributed by atoms with E-state index >= 15 is 0 Å². The first-order valence-electron chi connectivity index (χ1n) is 12.6. The topological polar surface area (TPSA) is 84.9 Å². The Balaban J connectivity index is 1.52. The number of carboxylic acid groups (broad SMARTS) is 1. The predicted octanol–water partition coefficient (Wildman–Crippen LogP) is 6.97. The summed E-state index contributed by atoms with van der Waals surface area (Å²) >= 11 is 1.54. The van der Waals surface area contributed by atoms with Crippen LogP contribution >= 0.6 is 11.8 Å². The van der Waals surface area contributed by atoms with E-state index in [2.05, 4.69) is 5.32 Å². The number of nitrogens with one attached hydrogen (secondary N) is 1. The van der Waals surface area contributed by atoms with Crippen molar-refractivity contribution < 1.29 is 24.2 Å². The largest absolute Gasteiger partial charge is 0.489 e. The molecule has 7 heteroatoms. The van der Waals surface area contributed by atoms with E-state index < -0.39 is 17.9 Å². The highest BCUT2D eigenvalue weighted by Gasteiger charge is 2.22. The second kappa shape index (κ2) is 13.5. The number of benzene rings is 4. The van der Waals surface area contributed by atoms with Crippen LogP contribution < -0.4 is 14.8 Å². The molecular weight excluding hydrogens is 510 g/mol. The van der Waals surface area contributed by atoms with Gasteiger partial charge in [-0.2, -0.15) is 11.8 Å². The summed E-state index contributed by atoms with van der Waals surface area (Å²) in [4.78, 5) is 25.0. The van der Waals surface area contributed by atoms with Crippen LogP contribution in [0.3, 0.4) is 0 Å². The van der Waals surface area contributed by atoms with Gasteiger partial charge in [-0.15, -0.1) is 0 Å². The Morgan fingerprint density at radius 2 is 1.51 bits per heavy atom. The van der Waals surface area contributed by atoms with Crippen molar-refractivity contribution in [3.8, 4) is 28.4 Å². The van der Waals surface area contributed by atoms with Gasteiger partial charge in [0.05, 0.1) is 0 Å². The Labute approximate surface area is 233 Å². The van der Waals surface area contributed by atoms with Gasteiger partial charge >= 0.3 is 5.97 Å². The van der Waals surface area contributed by atoms with Crippen molar-refractivity contribution >= 4 is 23.6 Å². The van der Waals surface area contributed by atoms with Crippen molar-refractivity contribution in [3.63, 3.8) is 0 Å². The fraction of sp³-hybridized carbons (Fsp3) is 0.188. The van der Waals surface area contributed by atoms with E-state index in [0.29, 0.717) is 35.8 Å². The minimum atomic E-state index is -1.04. The quantitative estimate of drug-likeness (QED) is 0.202. The molecule has 2 N–H and O–H groups in total. The molecule has 1 amide bonds. The second-order valence-corrected chi connectivity index (χ2v) is 10.0. The molecular formula is C32H31NO5S. The summed E-state index contributed by atoms with van der Waals surface area (Å²) in [6, 6.07) is 29.3. The zero-order valence-corrected chi connectivity index (χ0v) is 22.7. The number of aliphatic carboxylic acids is 1. The van der Waals surface area contributed by atoms with Crippen molar-refractivity contribution in [2.75, 3.05) is 12.0 Å². The number of carbonyl (C=O) groups is 2. The molecule has 0 saturated heterocycles. The van der Waals surface area contributed by atoms with Gasteiger partial charge in [-0.25, -0.2) is 4.79 Å². The number of para-hydroxylation sites is 1. The molecule has 0 aliphatic heterocycles. The number of thioether (sulfide) groups is 1. The third kappa shape index (κ3) is 7.65. The number of rotatable bonds is 12. The van der Waals surface area contributed by atoms with Crippen molar-refractivity contribution in [2.45, 2.75) is 26.0 Å². The van der Waals surface area contributed by atoms with E-state index in [4.69, 9.17) is 9.47 Å². The molecule has 0 spiro atoms. The van der Waals surface area contributed by atoms with E-state index in [9.17, 15) is 14.7 Å². The molecule has 0 saturated carbocycles. The molecule has 4 rings (SSSR count). The summed E-state index contributed by atoms with van der Waals surface area (Å²) in [5, 5.41) is 12.3. The minimum Gasteiger partial charge on any atom is -0.489 e. The van der Waals surface area contributed by atoms with E-state index in [1.165, 1.54) is 0 Å². The van der Waals surface area contributed by atoms with E-state index in [1.807, 2.05) is 104 Å². The molecule has 4 aromatic rings. The van der Waals surface area contributed by atoms with Gasteiger partial charge in [-0.3, -0.25) is 4.79 Å². The number of hydrogen-bond donors (Lipinski definition) is 2. The van der Waals surface area contributed by atoms with Crippen LogP contribution in [0.4, 0.5) is 0 Å². The maximum absolute atomic E-state index is 13.3. The van der Waals surface area contributed by atoms with E-state index in [0.717, 1.165) is 28.0 Å². The Morgan fingerprint density at radius 1 is 0.846 bits per heavy atom. The van der Waals surface area contributed by atoms with E-state index in [-0.39, 0.29) is 0 Å². The first kappa shape index (κ1) is 27.8. The highest BCUT2D eigenvalue weighted by atomic mass is 32.2. The van der Waals surface area contributed by atoms with Gasteiger partial charge in [-0.1, -0.05) is 48.5 Å². The van der Waals surface area contributed by atoms with Gasteiger partial charge in [0.15, 0.2) is 0 Å². The molecule has 6 nitrogen and oxygen atoms in total. The van der Waals surface area contributed by atoms with Crippen LogP contribution in [0.15, 0.2) is 97.1 Å². The van der Waals surface area contributed by atoms with Crippen LogP contribution in [0.2, 0.25) is 0 Å². The van der Waals surface area contributed by atoms with Gasteiger partial charge < -0.3 is 19.9 Å². The monoisotopic (exact) mass is 541 g/mol. The molecule has 0 aromatic heterocycles. The Bertz CT molecular complexity index is 1410. The standard InChI is InChI=1S/C32H31NO5S/c1-22-8-6-7-11-27(22)29-20-23(12-17-28(29)31(34)33-30(32(35)36)18-19-39-2)21-37-24-13-15-26(16-14-24)38-25-9-4-3-5-10-25/h3-17,20,30H,18-19,21H2,1-2H3,(H,33,34)(H,35,36). The number of hydrogen-bond acceptors (Lipinski definition) is 5. The average molecular weight is 542 g/mol. The summed E-state index contributed by atoms with van der Waals surface area (Å²) in [6.07, 6.45) is 2.26. The number of amides is 1. The molecule has 1 unspecified atom stereocenters. The summed E-state index contributed by atoms with van der Waals surface area (Å²) in [5.41, 5.74) is 3.95. The van der Waals surface area contributed by atoms with Crippen molar-refractivity contribution in [2.24, 2.45) is 0 Å². The smallest absolute Gasteiger partial charge is 0.326 e. The molecule has 39 heavy (non-hydrogen) atoms. The highest BCUT2D eigenvalue weighted by Crippen LogP contribution is 2.29. The van der Waals surface area contributed by atoms with Crippen LogP contribution in [-0.2, 0) is 11.4 Å². The maximum Gasteiger partial charge on any atom is 0.326 e. The Morgan fingerprint density at radius 3 is 2.21 bits per heavy atom. The van der Waals surface area contributed by atoms with Crippen molar-refractivity contribution in [1.29, 1.82) is 0 Å². The number of carboxylic acids is 1. The molecule has 0 aliphatic rings. The van der Waals surface area contributed by atoms with Crippen LogP contribution in [0.5, 0.6) is 17.2 Å². The SMILES string of the molecule is CSCCC(NC(=O)c1ccc(COc2ccc(Oc3ccccc3)cc2)cc1-c1ccccc1C)C(=O)O. The van der Waals surface area contributed by atoms with Crippen LogP contribution in [0.1, 0.15) is 27.9 Å². The molecule has 4 aromatic carbocycles. The van der Waals surface area contributed by atoms with Crippen molar-refractivity contribution in [1.82, 2.24) is 5.32 Å². The predicted molar refractivity (Wildman–Crippen MR) is 156 cm³/mol. The second-order valence-electron chi connectivity index (χ2n) is 9.02. The first-order chi connectivity index (χ1) is 18.9. The lowest BCUT2D eigenvalue weighted by Crippen LogP contribution is -2.41. The third-order valence-electron chi connectivity index (χ3n) is 6.19. The number of aryl methyl sites for hydroxylation is 1. The summed E-state index contributed by atoms with van der Waals surface area (Å²) in [7, 11) is 0. The molecule has 0 aliphatic carbocycles. The number of carbonyl (C=O) groups excluding carboxylic acids is 1. The summed E-state index contributed by atoms with van der Waals surface area (Å²) in [5.74, 6) is 1.34. The first-order valence-corrected chi connectivity index (χ1v) is 14.0. The molecule has 1 atom stereocenters. The molecule has 200 valence electrons. The summed E-state index contributed by atoms with van der Waals surface area (Å²) in [6.45, 7) is 2.28. The fourth-order valence-corrected chi connectivity index (χ4v) is 4.57. The lowest BCUT2D eigenvalue weighted by Gasteiger charge is -2.18. The maximum atomic E-state index is 13.3. The lowest BCUT2D eigenvalue weighted by molar-refractivity contribution is -0.139. The molecule has 0 radical (unpaired) electrons. The highest BCUT2D eigenvalue weighted by molar-refractivity contribution is 7.98. The molecule has 0 heterocycles. The van der Waals surface area contributed by atoms with Gasteiger partial charge in [0.2, 0.25) is 0 Å². The fourth-order valence-electron chi connectivity index (χ4n) is 4.10. The summed E-state index contributed by atoms with van der Waals surface area (Å²) < 4.78 is 11.9. The minimum absolute atomic E-state index is 0.297. The van der Waals surface area contributed by atoms with Gasteiger partial charge in [-0.05, 0) is 96.1 Å². The van der Waals surface area contributed by atoms with E-state index in [1.54, 1.807) is 17.8 Å². The third-order valence-corrected chi connectivity index (χ3v) is 6.83. The van der Waals surface area contributed by atoms with Gasteiger partial charge in [0, 0.05) is 5.56 Å². The van der Waals surface area contributed by atoms with Crippen molar-refractivity contribution in [3.05, 3.63) is 114 Å². The zero-order chi connectivity index (χ0) is 27.6. The Hall–Kier alpha value is -4.23. The van der Waals surface area contributed by atoms with Gasteiger partial charge in [0.25, 0.3) is 5.91 Å². The number of ether oxygens (including phenoxy) is 2. The van der Waals surface area contributed by atoms with Crippen LogP contribution in [0, 0.1) is 6.92 Å².